The van der Waals surface area contributed by atoms with Crippen LogP contribution >= 0.6 is 11.6 Å². The van der Waals surface area contributed by atoms with Crippen LogP contribution < -0.4 is 0 Å². The van der Waals surface area contributed by atoms with Crippen molar-refractivity contribution >= 4 is 31.6 Å². The molecule has 21 heavy (non-hydrogen) atoms. The first-order chi connectivity index (χ1) is 9.85. The lowest BCUT2D eigenvalue weighted by Crippen LogP contribution is -2.49. The number of halogens is 1. The normalized spacial score (nSPS) is 24.5. The van der Waals surface area contributed by atoms with Crippen molar-refractivity contribution < 1.29 is 19.1 Å². The highest BCUT2D eigenvalue weighted by atomic mass is 35.5. The topological polar surface area (TPSA) is 52.6 Å². The first-order valence-electron chi connectivity index (χ1n) is 7.33. The van der Waals surface area contributed by atoms with E-state index in [1.54, 1.807) is 13.8 Å². The first-order valence-corrected chi connectivity index (χ1v) is 10.9. The molecule has 0 bridgehead atoms. The number of alkyl halides is 1. The SMILES string of the molecule is COC(=O)C1CCC=CC1[Si](C)(CCl)COC(=O)C(C)C. The van der Waals surface area contributed by atoms with Gasteiger partial charge in [-0.15, -0.1) is 11.6 Å². The molecule has 0 spiro atoms. The molecule has 1 aliphatic rings. The maximum Gasteiger partial charge on any atom is 0.308 e. The molecule has 6 heteroatoms. The number of carbonyl (C=O) groups is 2. The Labute approximate surface area is 132 Å². The number of allylic oxidation sites excluding steroid dienone is 2. The van der Waals surface area contributed by atoms with Crippen molar-refractivity contribution in [1.29, 1.82) is 0 Å². The summed E-state index contributed by atoms with van der Waals surface area (Å²) in [6.07, 6.45) is 6.14. The number of methoxy groups -OCH3 is 1. The van der Waals surface area contributed by atoms with Crippen molar-refractivity contribution in [2.24, 2.45) is 11.8 Å². The highest BCUT2D eigenvalue weighted by Crippen LogP contribution is 2.39. The second-order valence-electron chi connectivity index (χ2n) is 6.21. The minimum atomic E-state index is -2.14. The summed E-state index contributed by atoms with van der Waals surface area (Å²) < 4.78 is 10.3. The molecule has 1 rings (SSSR count). The predicted molar refractivity (Wildman–Crippen MR) is 85.8 cm³/mol. The first kappa shape index (κ1) is 18.2. The molecular weight excluding hydrogens is 308 g/mol. The van der Waals surface area contributed by atoms with Crippen LogP contribution in [0.2, 0.25) is 12.1 Å². The van der Waals surface area contributed by atoms with Gasteiger partial charge in [0.05, 0.1) is 25.2 Å². The summed E-state index contributed by atoms with van der Waals surface area (Å²) in [7, 11) is -0.726. The summed E-state index contributed by atoms with van der Waals surface area (Å²) >= 11 is 6.20. The highest BCUT2D eigenvalue weighted by molar-refractivity contribution is 6.86. The van der Waals surface area contributed by atoms with E-state index in [4.69, 9.17) is 21.1 Å². The van der Waals surface area contributed by atoms with Crippen LogP contribution in [0.25, 0.3) is 0 Å². The van der Waals surface area contributed by atoms with E-state index in [-0.39, 0.29) is 29.3 Å². The van der Waals surface area contributed by atoms with Gasteiger partial charge in [-0.25, -0.2) is 0 Å². The molecule has 0 aliphatic heterocycles. The van der Waals surface area contributed by atoms with Crippen LogP contribution in [0, 0.1) is 11.8 Å². The molecule has 3 unspecified atom stereocenters. The lowest BCUT2D eigenvalue weighted by Gasteiger charge is -2.37. The van der Waals surface area contributed by atoms with Crippen LogP contribution in [0.5, 0.6) is 0 Å². The number of carbonyl (C=O) groups excluding carboxylic acids is 2. The molecular formula is C15H25ClO4Si. The van der Waals surface area contributed by atoms with Crippen molar-refractivity contribution in [3.8, 4) is 0 Å². The summed E-state index contributed by atoms with van der Waals surface area (Å²) in [4.78, 5) is 23.7. The van der Waals surface area contributed by atoms with Crippen LogP contribution in [0.3, 0.4) is 0 Å². The number of esters is 2. The van der Waals surface area contributed by atoms with Crippen LogP contribution in [0.1, 0.15) is 26.7 Å². The van der Waals surface area contributed by atoms with Gasteiger partial charge in [0.2, 0.25) is 0 Å². The van der Waals surface area contributed by atoms with E-state index >= 15 is 0 Å². The van der Waals surface area contributed by atoms with Gasteiger partial charge in [-0.3, -0.25) is 9.59 Å². The molecule has 0 saturated heterocycles. The molecule has 0 radical (unpaired) electrons. The maximum absolute atomic E-state index is 12.0. The van der Waals surface area contributed by atoms with Crippen LogP contribution in [0.4, 0.5) is 0 Å². The Kier molecular flexibility index (Phi) is 6.94. The Morgan fingerprint density at radius 1 is 1.43 bits per heavy atom. The quantitative estimate of drug-likeness (QED) is 0.324. The van der Waals surface area contributed by atoms with Crippen LogP contribution in [-0.4, -0.2) is 38.9 Å². The third-order valence-electron chi connectivity index (χ3n) is 4.05. The Morgan fingerprint density at radius 3 is 2.62 bits per heavy atom. The van der Waals surface area contributed by atoms with Gasteiger partial charge in [-0.2, -0.15) is 0 Å². The van der Waals surface area contributed by atoms with Gasteiger partial charge in [0, 0.05) is 5.50 Å². The van der Waals surface area contributed by atoms with E-state index in [0.29, 0.717) is 11.7 Å². The van der Waals surface area contributed by atoms with E-state index in [9.17, 15) is 9.59 Å². The minimum absolute atomic E-state index is 0.0520. The largest absolute Gasteiger partial charge is 0.469 e. The Bertz CT molecular complexity index is 410. The van der Waals surface area contributed by atoms with E-state index in [1.165, 1.54) is 7.11 Å². The van der Waals surface area contributed by atoms with Gasteiger partial charge in [0.25, 0.3) is 0 Å². The summed E-state index contributed by atoms with van der Waals surface area (Å²) in [5.74, 6) is -0.735. The van der Waals surface area contributed by atoms with Crippen LogP contribution in [-0.2, 0) is 19.1 Å². The summed E-state index contributed by atoms with van der Waals surface area (Å²) in [6.45, 7) is 5.70. The summed E-state index contributed by atoms with van der Waals surface area (Å²) in [5.41, 5.74) is 0.497. The monoisotopic (exact) mass is 332 g/mol. The van der Waals surface area contributed by atoms with Gasteiger partial charge in [0.1, 0.15) is 8.07 Å². The molecule has 120 valence electrons. The molecule has 0 aromatic rings. The van der Waals surface area contributed by atoms with Gasteiger partial charge < -0.3 is 9.47 Å². The second kappa shape index (κ2) is 7.99. The molecule has 0 N–H and O–H groups in total. The fraction of sp³-hybridized carbons (Fsp3) is 0.733. The summed E-state index contributed by atoms with van der Waals surface area (Å²) in [6, 6.07) is 0. The molecule has 0 amide bonds. The van der Waals surface area contributed by atoms with Crippen LogP contribution in [0.15, 0.2) is 12.2 Å². The fourth-order valence-electron chi connectivity index (χ4n) is 2.59. The molecule has 0 aromatic heterocycles. The second-order valence-corrected chi connectivity index (χ2v) is 11.5. The molecule has 3 atom stereocenters. The molecule has 0 heterocycles. The average Bonchev–Trinajstić information content (AvgIpc) is 2.51. The van der Waals surface area contributed by atoms with Gasteiger partial charge in [-0.05, 0) is 18.4 Å². The van der Waals surface area contributed by atoms with Gasteiger partial charge in [0.15, 0.2) is 0 Å². The predicted octanol–water partition coefficient (Wildman–Crippen LogP) is 3.09. The Balaban J connectivity index is 2.88. The fourth-order valence-corrected chi connectivity index (χ4v) is 6.15. The lowest BCUT2D eigenvalue weighted by atomic mass is 9.94. The van der Waals surface area contributed by atoms with Crippen molar-refractivity contribution in [3.63, 3.8) is 0 Å². The zero-order valence-corrected chi connectivity index (χ0v) is 15.0. The summed E-state index contributed by atoms with van der Waals surface area (Å²) in [5, 5.41) is 0. The zero-order chi connectivity index (χ0) is 16.0. The zero-order valence-electron chi connectivity index (χ0n) is 13.2. The minimum Gasteiger partial charge on any atom is -0.469 e. The molecule has 0 fully saturated rings. The third-order valence-corrected chi connectivity index (χ3v) is 9.50. The molecule has 0 saturated carbocycles. The smallest absolute Gasteiger partial charge is 0.308 e. The molecule has 1 aliphatic carbocycles. The Morgan fingerprint density at radius 2 is 2.10 bits per heavy atom. The molecule has 4 nitrogen and oxygen atoms in total. The number of ether oxygens (including phenoxy) is 2. The van der Waals surface area contributed by atoms with E-state index < -0.39 is 8.07 Å². The van der Waals surface area contributed by atoms with E-state index in [1.807, 2.05) is 0 Å². The average molecular weight is 333 g/mol. The van der Waals surface area contributed by atoms with Crippen molar-refractivity contribution in [2.75, 3.05) is 18.8 Å². The standard InChI is InChI=1S/C15H25ClO4Si/c1-11(2)14(17)20-10-21(4,9-16)13-8-6-5-7-12(13)15(18)19-3/h6,8,11-13H,5,7,9-10H2,1-4H3. The highest BCUT2D eigenvalue weighted by Gasteiger charge is 2.44. The number of rotatable bonds is 6. The van der Waals surface area contributed by atoms with Crippen molar-refractivity contribution in [1.82, 2.24) is 0 Å². The van der Waals surface area contributed by atoms with Gasteiger partial charge in [-0.1, -0.05) is 32.5 Å². The maximum atomic E-state index is 12.0. The van der Waals surface area contributed by atoms with Gasteiger partial charge >= 0.3 is 11.9 Å². The molecule has 0 aromatic carbocycles. The number of hydrogen-bond donors (Lipinski definition) is 0. The van der Waals surface area contributed by atoms with E-state index in [0.717, 1.165) is 12.8 Å². The number of hydrogen-bond acceptors (Lipinski definition) is 4. The Hall–Kier alpha value is -0.813. The van der Waals surface area contributed by atoms with E-state index in [2.05, 4.69) is 18.7 Å². The van der Waals surface area contributed by atoms with Crippen molar-refractivity contribution in [2.45, 2.75) is 38.8 Å². The lowest BCUT2D eigenvalue weighted by molar-refractivity contribution is -0.145. The van der Waals surface area contributed by atoms with Crippen molar-refractivity contribution in [3.05, 3.63) is 12.2 Å². The third kappa shape index (κ3) is 4.58.